The summed E-state index contributed by atoms with van der Waals surface area (Å²) >= 11 is 0. The zero-order chi connectivity index (χ0) is 16.8. The minimum atomic E-state index is -0.148. The zero-order valence-corrected chi connectivity index (χ0v) is 14.2. The number of likely N-dealkylation sites (tertiary alicyclic amines) is 1. The van der Waals surface area contributed by atoms with Crippen molar-refractivity contribution in [1.82, 2.24) is 4.90 Å². The van der Waals surface area contributed by atoms with Gasteiger partial charge in [0, 0.05) is 31.5 Å². The molecule has 1 aromatic carbocycles. The van der Waals surface area contributed by atoms with Crippen LogP contribution in [0.25, 0.3) is 0 Å². The van der Waals surface area contributed by atoms with Crippen molar-refractivity contribution in [2.75, 3.05) is 24.5 Å². The number of amides is 1. The van der Waals surface area contributed by atoms with Gasteiger partial charge in [0.2, 0.25) is 0 Å². The first-order chi connectivity index (χ1) is 11.0. The highest BCUT2D eigenvalue weighted by atomic mass is 16.2. The Labute approximate surface area is 139 Å². The van der Waals surface area contributed by atoms with Crippen molar-refractivity contribution in [3.8, 4) is 6.07 Å². The molecule has 0 bridgehead atoms. The Bertz CT molecular complexity index is 622. The lowest BCUT2D eigenvalue weighted by Crippen LogP contribution is -2.39. The van der Waals surface area contributed by atoms with Crippen LogP contribution >= 0.6 is 0 Å². The lowest BCUT2D eigenvalue weighted by Gasteiger charge is -2.30. The van der Waals surface area contributed by atoms with Crippen molar-refractivity contribution in [2.24, 2.45) is 5.92 Å². The molecule has 1 aromatic rings. The number of benzene rings is 1. The standard InChI is InChI=1S/C19H25N3O/c1-4-21(18-7-5-6-16(3)12-18)14-17(13-20)19(23)22-10-8-15(2)9-11-22/h5-7,12,14-15H,4,8-11H2,1-3H3/b17-14-. The summed E-state index contributed by atoms with van der Waals surface area (Å²) in [5.41, 5.74) is 2.37. The Morgan fingerprint density at radius 2 is 2.13 bits per heavy atom. The number of anilines is 1. The van der Waals surface area contributed by atoms with Crippen LogP contribution in [0.1, 0.15) is 32.3 Å². The molecule has 0 spiro atoms. The van der Waals surface area contributed by atoms with Gasteiger partial charge in [-0.15, -0.1) is 0 Å². The molecule has 1 saturated heterocycles. The van der Waals surface area contributed by atoms with Gasteiger partial charge >= 0.3 is 0 Å². The highest BCUT2D eigenvalue weighted by molar-refractivity contribution is 5.97. The van der Waals surface area contributed by atoms with E-state index in [0.29, 0.717) is 12.5 Å². The summed E-state index contributed by atoms with van der Waals surface area (Å²) < 4.78 is 0. The molecule has 0 saturated carbocycles. The average Bonchev–Trinajstić information content (AvgIpc) is 2.56. The normalized spacial score (nSPS) is 16.1. The maximum absolute atomic E-state index is 12.6. The largest absolute Gasteiger partial charge is 0.347 e. The van der Waals surface area contributed by atoms with Crippen molar-refractivity contribution in [3.05, 3.63) is 41.6 Å². The van der Waals surface area contributed by atoms with Crippen molar-refractivity contribution >= 4 is 11.6 Å². The number of aryl methyl sites for hydroxylation is 1. The third-order valence-electron chi connectivity index (χ3n) is 4.38. The molecule has 0 N–H and O–H groups in total. The summed E-state index contributed by atoms with van der Waals surface area (Å²) in [6.45, 7) is 8.46. The first-order valence-electron chi connectivity index (χ1n) is 8.29. The predicted molar refractivity (Wildman–Crippen MR) is 92.9 cm³/mol. The van der Waals surface area contributed by atoms with E-state index >= 15 is 0 Å². The summed E-state index contributed by atoms with van der Waals surface area (Å²) in [6, 6.07) is 10.2. The molecule has 1 amide bonds. The molecule has 0 unspecified atom stereocenters. The van der Waals surface area contributed by atoms with E-state index < -0.39 is 0 Å². The van der Waals surface area contributed by atoms with Gasteiger partial charge in [-0.3, -0.25) is 4.79 Å². The first-order valence-corrected chi connectivity index (χ1v) is 8.29. The zero-order valence-electron chi connectivity index (χ0n) is 14.2. The van der Waals surface area contributed by atoms with Gasteiger partial charge in [0.1, 0.15) is 11.6 Å². The summed E-state index contributed by atoms with van der Waals surface area (Å²) in [6.07, 6.45) is 3.72. The maximum Gasteiger partial charge on any atom is 0.266 e. The van der Waals surface area contributed by atoms with Crippen molar-refractivity contribution in [1.29, 1.82) is 5.26 Å². The number of carbonyl (C=O) groups is 1. The van der Waals surface area contributed by atoms with E-state index in [0.717, 1.165) is 37.2 Å². The number of piperidine rings is 1. The van der Waals surface area contributed by atoms with Gasteiger partial charge in [-0.2, -0.15) is 5.26 Å². The van der Waals surface area contributed by atoms with E-state index in [2.05, 4.69) is 19.1 Å². The molecule has 0 aromatic heterocycles. The number of hydrogen-bond acceptors (Lipinski definition) is 3. The molecule has 4 heteroatoms. The smallest absolute Gasteiger partial charge is 0.266 e. The van der Waals surface area contributed by atoms with Crippen LogP contribution in [0.2, 0.25) is 0 Å². The minimum absolute atomic E-state index is 0.148. The number of nitrogens with zero attached hydrogens (tertiary/aromatic N) is 3. The molecule has 23 heavy (non-hydrogen) atoms. The summed E-state index contributed by atoms with van der Waals surface area (Å²) in [5, 5.41) is 9.43. The molecule has 0 radical (unpaired) electrons. The van der Waals surface area contributed by atoms with Gasteiger partial charge in [0.05, 0.1) is 0 Å². The van der Waals surface area contributed by atoms with E-state index in [9.17, 15) is 10.1 Å². The third kappa shape index (κ3) is 4.35. The first kappa shape index (κ1) is 17.1. The lowest BCUT2D eigenvalue weighted by atomic mass is 9.99. The topological polar surface area (TPSA) is 47.3 Å². The van der Waals surface area contributed by atoms with E-state index in [1.54, 1.807) is 11.1 Å². The van der Waals surface area contributed by atoms with Crippen LogP contribution in [0.5, 0.6) is 0 Å². The number of nitriles is 1. The molecule has 0 atom stereocenters. The van der Waals surface area contributed by atoms with E-state index in [1.807, 2.05) is 36.9 Å². The SMILES string of the molecule is CCN(/C=C(/C#N)C(=O)N1CCC(C)CC1)c1cccc(C)c1. The average molecular weight is 311 g/mol. The van der Waals surface area contributed by atoms with Crippen LogP contribution in [0.15, 0.2) is 36.0 Å². The molecule has 1 fully saturated rings. The lowest BCUT2D eigenvalue weighted by molar-refractivity contribution is -0.128. The Balaban J connectivity index is 2.19. The molecule has 2 rings (SSSR count). The van der Waals surface area contributed by atoms with Crippen LogP contribution in [0.4, 0.5) is 5.69 Å². The Morgan fingerprint density at radius 3 is 2.70 bits per heavy atom. The van der Waals surface area contributed by atoms with Crippen molar-refractivity contribution in [3.63, 3.8) is 0 Å². The molecule has 1 aliphatic heterocycles. The molecular weight excluding hydrogens is 286 g/mol. The second-order valence-electron chi connectivity index (χ2n) is 6.25. The second kappa shape index (κ2) is 7.82. The fourth-order valence-corrected chi connectivity index (χ4v) is 2.82. The van der Waals surface area contributed by atoms with E-state index in [4.69, 9.17) is 0 Å². The Morgan fingerprint density at radius 1 is 1.43 bits per heavy atom. The van der Waals surface area contributed by atoms with Gasteiger partial charge in [-0.05, 0) is 50.3 Å². The second-order valence-corrected chi connectivity index (χ2v) is 6.25. The number of hydrogen-bond donors (Lipinski definition) is 0. The Hall–Kier alpha value is -2.28. The molecule has 1 heterocycles. The molecule has 122 valence electrons. The summed E-state index contributed by atoms with van der Waals surface area (Å²) in [5.74, 6) is 0.513. The monoisotopic (exact) mass is 311 g/mol. The van der Waals surface area contributed by atoms with E-state index in [1.165, 1.54) is 0 Å². The Kier molecular flexibility index (Phi) is 5.81. The highest BCUT2D eigenvalue weighted by Gasteiger charge is 2.23. The fourth-order valence-electron chi connectivity index (χ4n) is 2.82. The minimum Gasteiger partial charge on any atom is -0.347 e. The van der Waals surface area contributed by atoms with Gasteiger partial charge in [0.15, 0.2) is 0 Å². The quantitative estimate of drug-likeness (QED) is 0.632. The van der Waals surface area contributed by atoms with Crippen molar-refractivity contribution in [2.45, 2.75) is 33.6 Å². The van der Waals surface area contributed by atoms with Gasteiger partial charge in [-0.25, -0.2) is 0 Å². The van der Waals surface area contributed by atoms with Crippen molar-refractivity contribution < 1.29 is 4.79 Å². The van der Waals surface area contributed by atoms with Crippen LogP contribution in [-0.4, -0.2) is 30.4 Å². The fraction of sp³-hybridized carbons (Fsp3) is 0.474. The van der Waals surface area contributed by atoms with Crippen LogP contribution in [0, 0.1) is 24.2 Å². The molecular formula is C19H25N3O. The van der Waals surface area contributed by atoms with E-state index in [-0.39, 0.29) is 11.5 Å². The summed E-state index contributed by atoms with van der Waals surface area (Å²) in [7, 11) is 0. The van der Waals surface area contributed by atoms with Gasteiger partial charge in [-0.1, -0.05) is 19.1 Å². The molecule has 4 nitrogen and oxygen atoms in total. The van der Waals surface area contributed by atoms with Crippen LogP contribution in [-0.2, 0) is 4.79 Å². The van der Waals surface area contributed by atoms with Gasteiger partial charge in [0.25, 0.3) is 5.91 Å². The maximum atomic E-state index is 12.6. The predicted octanol–water partition coefficient (Wildman–Crippen LogP) is 3.49. The number of rotatable bonds is 4. The third-order valence-corrected chi connectivity index (χ3v) is 4.38. The van der Waals surface area contributed by atoms with Crippen LogP contribution in [0.3, 0.4) is 0 Å². The van der Waals surface area contributed by atoms with Crippen LogP contribution < -0.4 is 4.90 Å². The van der Waals surface area contributed by atoms with Gasteiger partial charge < -0.3 is 9.80 Å². The molecule has 0 aliphatic carbocycles. The highest BCUT2D eigenvalue weighted by Crippen LogP contribution is 2.20. The summed E-state index contributed by atoms with van der Waals surface area (Å²) in [4.78, 5) is 16.4. The molecule has 1 aliphatic rings. The number of carbonyl (C=O) groups excluding carboxylic acids is 1.